The van der Waals surface area contributed by atoms with Gasteiger partial charge < -0.3 is 25.2 Å². The van der Waals surface area contributed by atoms with E-state index in [1.165, 1.54) is 12.1 Å². The number of hydrogen-bond donors (Lipinski definition) is 4. The number of carbonyl (C=O) groups is 3. The van der Waals surface area contributed by atoms with Crippen molar-refractivity contribution in [2.24, 2.45) is 0 Å². The molecule has 1 heterocycles. The van der Waals surface area contributed by atoms with Crippen molar-refractivity contribution in [1.29, 1.82) is 0 Å². The Morgan fingerprint density at radius 1 is 1.36 bits per heavy atom. The maximum Gasteiger partial charge on any atom is 0.407 e. The minimum atomic E-state index is -0.506. The van der Waals surface area contributed by atoms with Crippen LogP contribution >= 0.6 is 0 Å². The van der Waals surface area contributed by atoms with Gasteiger partial charge in [-0.2, -0.15) is 5.10 Å². The standard InChI is InChI=1S/C23H26N4O6/c1-4-14-7-19(29)17(11-28)20(8-14)32-12-22(30)25-21-10-18(26-27-21)15-5-6-16(9-15)33-23(31)24-13(2)3/h1,7-8,10-11,13,15-16,29H,5-6,9,12H2,2-3H3,(H,24,31)(H2,25,26,27,30)/t15-,16+/m0/s1. The van der Waals surface area contributed by atoms with E-state index in [1.807, 2.05) is 13.8 Å². The van der Waals surface area contributed by atoms with Crippen LogP contribution in [0.2, 0.25) is 0 Å². The molecule has 4 N–H and O–H groups in total. The third-order valence-corrected chi connectivity index (χ3v) is 5.13. The third kappa shape index (κ3) is 6.26. The summed E-state index contributed by atoms with van der Waals surface area (Å²) in [6.45, 7) is 3.31. The van der Waals surface area contributed by atoms with Gasteiger partial charge in [-0.1, -0.05) is 5.92 Å². The number of aromatic nitrogens is 2. The summed E-state index contributed by atoms with van der Waals surface area (Å²) in [4.78, 5) is 35.3. The number of phenolic OH excluding ortho intramolecular Hbond substituents is 1. The van der Waals surface area contributed by atoms with Gasteiger partial charge in [0.1, 0.15) is 17.6 Å². The Morgan fingerprint density at radius 2 is 2.15 bits per heavy atom. The summed E-state index contributed by atoms with van der Waals surface area (Å²) in [5.41, 5.74) is 1.05. The molecule has 1 aromatic heterocycles. The molecule has 33 heavy (non-hydrogen) atoms. The van der Waals surface area contributed by atoms with Gasteiger partial charge in [0, 0.05) is 29.3 Å². The van der Waals surface area contributed by atoms with Crippen molar-refractivity contribution in [3.63, 3.8) is 0 Å². The molecule has 0 aliphatic heterocycles. The Bertz CT molecular complexity index is 1070. The second-order valence-electron chi connectivity index (χ2n) is 8.05. The highest BCUT2D eigenvalue weighted by Crippen LogP contribution is 2.36. The van der Waals surface area contributed by atoms with E-state index in [1.54, 1.807) is 6.07 Å². The topological polar surface area (TPSA) is 143 Å². The van der Waals surface area contributed by atoms with E-state index in [0.717, 1.165) is 18.5 Å². The number of benzene rings is 1. The first-order valence-electron chi connectivity index (χ1n) is 10.5. The molecule has 1 aromatic carbocycles. The van der Waals surface area contributed by atoms with E-state index < -0.39 is 18.6 Å². The molecule has 0 unspecified atom stereocenters. The predicted octanol–water partition coefficient (Wildman–Crippen LogP) is 2.70. The molecule has 2 aromatic rings. The Morgan fingerprint density at radius 3 is 2.85 bits per heavy atom. The van der Waals surface area contributed by atoms with Gasteiger partial charge in [0.15, 0.2) is 18.7 Å². The maximum absolute atomic E-state index is 12.3. The number of hydrogen-bond acceptors (Lipinski definition) is 7. The van der Waals surface area contributed by atoms with Crippen molar-refractivity contribution >= 4 is 24.1 Å². The maximum atomic E-state index is 12.3. The highest BCUT2D eigenvalue weighted by molar-refractivity contribution is 5.91. The molecule has 1 aliphatic rings. The van der Waals surface area contributed by atoms with Crippen molar-refractivity contribution in [2.75, 3.05) is 11.9 Å². The largest absolute Gasteiger partial charge is 0.507 e. The Hall–Kier alpha value is -4.00. The Balaban J connectivity index is 1.53. The lowest BCUT2D eigenvalue weighted by Gasteiger charge is -2.14. The SMILES string of the molecule is C#Cc1cc(O)c(C=O)c(OCC(=O)Nc2cc([C@H]3CC[C@@H](OC(=O)NC(C)C)C3)[nH]n2)c1. The summed E-state index contributed by atoms with van der Waals surface area (Å²) in [7, 11) is 0. The van der Waals surface area contributed by atoms with Gasteiger partial charge >= 0.3 is 6.09 Å². The second-order valence-corrected chi connectivity index (χ2v) is 8.05. The molecule has 1 aliphatic carbocycles. The highest BCUT2D eigenvalue weighted by atomic mass is 16.6. The number of aromatic hydroxyl groups is 1. The monoisotopic (exact) mass is 454 g/mol. The first-order valence-corrected chi connectivity index (χ1v) is 10.5. The summed E-state index contributed by atoms with van der Waals surface area (Å²) in [6.07, 6.45) is 7.37. The number of nitrogens with one attached hydrogen (secondary N) is 3. The summed E-state index contributed by atoms with van der Waals surface area (Å²) >= 11 is 0. The third-order valence-electron chi connectivity index (χ3n) is 5.13. The van der Waals surface area contributed by atoms with Gasteiger partial charge in [-0.05, 0) is 45.2 Å². The first kappa shape index (κ1) is 23.7. The molecule has 0 bridgehead atoms. The number of H-pyrrole nitrogens is 1. The average molecular weight is 454 g/mol. The average Bonchev–Trinajstić information content (AvgIpc) is 3.40. The lowest BCUT2D eigenvalue weighted by Crippen LogP contribution is -2.33. The number of terminal acetylenes is 1. The molecule has 1 fully saturated rings. The lowest BCUT2D eigenvalue weighted by molar-refractivity contribution is -0.118. The van der Waals surface area contributed by atoms with E-state index in [-0.39, 0.29) is 35.1 Å². The molecule has 0 saturated heterocycles. The smallest absolute Gasteiger partial charge is 0.407 e. The van der Waals surface area contributed by atoms with Crippen molar-refractivity contribution in [3.8, 4) is 23.8 Å². The van der Waals surface area contributed by atoms with Gasteiger partial charge in [0.05, 0.1) is 5.56 Å². The number of rotatable bonds is 8. The molecule has 0 spiro atoms. The minimum Gasteiger partial charge on any atom is -0.507 e. The number of alkyl carbamates (subject to hydrolysis) is 1. The molecule has 174 valence electrons. The van der Waals surface area contributed by atoms with Crippen LogP contribution in [0.3, 0.4) is 0 Å². The number of amides is 2. The number of nitrogens with zero attached hydrogens (tertiary/aromatic N) is 1. The molecule has 3 rings (SSSR count). The van der Waals surface area contributed by atoms with Crippen LogP contribution < -0.4 is 15.4 Å². The number of phenols is 1. The van der Waals surface area contributed by atoms with Gasteiger partial charge in [-0.25, -0.2) is 4.79 Å². The number of aromatic amines is 1. The summed E-state index contributed by atoms with van der Waals surface area (Å²) in [5, 5.41) is 22.2. The minimum absolute atomic E-state index is 0.00863. The fraction of sp³-hybridized carbons (Fsp3) is 0.391. The number of aldehydes is 1. The number of ether oxygens (including phenoxy) is 2. The number of carbonyl (C=O) groups excluding carboxylic acids is 3. The first-order chi connectivity index (χ1) is 15.8. The zero-order valence-corrected chi connectivity index (χ0v) is 18.4. The van der Waals surface area contributed by atoms with Crippen LogP contribution in [0.25, 0.3) is 0 Å². The molecule has 0 radical (unpaired) electrons. The molecule has 10 nitrogen and oxygen atoms in total. The Labute approximate surface area is 191 Å². The van der Waals surface area contributed by atoms with E-state index in [2.05, 4.69) is 26.8 Å². The molecule has 2 amide bonds. The van der Waals surface area contributed by atoms with Gasteiger partial charge in [0.25, 0.3) is 5.91 Å². The highest BCUT2D eigenvalue weighted by Gasteiger charge is 2.30. The van der Waals surface area contributed by atoms with Crippen molar-refractivity contribution in [3.05, 3.63) is 35.0 Å². The molecular formula is C23H26N4O6. The van der Waals surface area contributed by atoms with Crippen LogP contribution in [0.4, 0.5) is 10.6 Å². The zero-order valence-electron chi connectivity index (χ0n) is 18.4. The van der Waals surface area contributed by atoms with Crippen LogP contribution in [0.15, 0.2) is 18.2 Å². The van der Waals surface area contributed by atoms with E-state index in [9.17, 15) is 19.5 Å². The lowest BCUT2D eigenvalue weighted by atomic mass is 10.0. The summed E-state index contributed by atoms with van der Waals surface area (Å²) in [6, 6.07) is 4.39. The van der Waals surface area contributed by atoms with E-state index >= 15 is 0 Å². The van der Waals surface area contributed by atoms with Crippen LogP contribution in [0.5, 0.6) is 11.5 Å². The van der Waals surface area contributed by atoms with Crippen LogP contribution in [0, 0.1) is 12.3 Å². The molecule has 10 heteroatoms. The van der Waals surface area contributed by atoms with Crippen molar-refractivity contribution in [1.82, 2.24) is 15.5 Å². The van der Waals surface area contributed by atoms with Gasteiger partial charge in [-0.3, -0.25) is 14.7 Å². The van der Waals surface area contributed by atoms with Crippen LogP contribution in [-0.2, 0) is 9.53 Å². The zero-order chi connectivity index (χ0) is 24.0. The fourth-order valence-electron chi connectivity index (χ4n) is 3.62. The predicted molar refractivity (Wildman–Crippen MR) is 119 cm³/mol. The molecule has 1 saturated carbocycles. The molecular weight excluding hydrogens is 428 g/mol. The molecule has 2 atom stereocenters. The Kier molecular flexibility index (Phi) is 7.56. The van der Waals surface area contributed by atoms with Crippen LogP contribution in [-0.4, -0.2) is 52.3 Å². The van der Waals surface area contributed by atoms with E-state index in [4.69, 9.17) is 15.9 Å². The van der Waals surface area contributed by atoms with E-state index in [0.29, 0.717) is 24.1 Å². The van der Waals surface area contributed by atoms with Crippen molar-refractivity contribution in [2.45, 2.75) is 51.2 Å². The quantitative estimate of drug-likeness (QED) is 0.355. The second kappa shape index (κ2) is 10.5. The van der Waals surface area contributed by atoms with Crippen LogP contribution in [0.1, 0.15) is 60.6 Å². The normalized spacial score (nSPS) is 17.3. The fourth-order valence-corrected chi connectivity index (χ4v) is 3.62. The van der Waals surface area contributed by atoms with Gasteiger partial charge in [0.2, 0.25) is 0 Å². The van der Waals surface area contributed by atoms with Crippen molar-refractivity contribution < 1.29 is 29.0 Å². The summed E-state index contributed by atoms with van der Waals surface area (Å²) < 4.78 is 10.8. The number of anilines is 1. The summed E-state index contributed by atoms with van der Waals surface area (Å²) in [5.74, 6) is 1.96. The van der Waals surface area contributed by atoms with Gasteiger partial charge in [-0.15, -0.1) is 6.42 Å².